The second-order valence-electron chi connectivity index (χ2n) is 6.37. The molecule has 7 nitrogen and oxygen atoms in total. The Balaban J connectivity index is 1.73. The number of aryl methyl sites for hydroxylation is 1. The first-order valence-electron chi connectivity index (χ1n) is 8.77. The molecule has 1 fully saturated rings. The molecular weight excluding hydrogens is 378 g/mol. The molecule has 2 aromatic rings. The van der Waals surface area contributed by atoms with Crippen molar-refractivity contribution in [3.05, 3.63) is 36.0 Å². The highest BCUT2D eigenvalue weighted by Gasteiger charge is 2.32. The molecule has 0 bridgehead atoms. The summed E-state index contributed by atoms with van der Waals surface area (Å²) >= 11 is 0. The van der Waals surface area contributed by atoms with Crippen LogP contribution in [0.4, 0.5) is 14.5 Å². The first kappa shape index (κ1) is 19.7. The minimum Gasteiger partial charge on any atom is -0.368 e. The molecule has 1 unspecified atom stereocenters. The van der Waals surface area contributed by atoms with E-state index in [0.29, 0.717) is 50.0 Å². The van der Waals surface area contributed by atoms with E-state index in [0.717, 1.165) is 0 Å². The number of halogens is 2. The number of benzene rings is 1. The second-order valence-corrected chi connectivity index (χ2v) is 8.26. The lowest BCUT2D eigenvalue weighted by Gasteiger charge is -2.38. The summed E-state index contributed by atoms with van der Waals surface area (Å²) in [6, 6.07) is 5.84. The van der Waals surface area contributed by atoms with E-state index >= 15 is 0 Å². The van der Waals surface area contributed by atoms with Gasteiger partial charge in [-0.1, -0.05) is 24.2 Å². The standard InChI is InChI=1S/C17H22F2N4O3S/c1-3-15-20-16(26-21-15)12(2)22-8-10-23(11-9-22)13-6-4-5-7-14(13)27(24,25)17(18)19/h4-7,12,17H,3,8-11H2,1-2H3. The Morgan fingerprint density at radius 1 is 1.19 bits per heavy atom. The summed E-state index contributed by atoms with van der Waals surface area (Å²) in [6.07, 6.45) is 0.694. The number of hydrogen-bond acceptors (Lipinski definition) is 7. The molecule has 27 heavy (non-hydrogen) atoms. The van der Waals surface area contributed by atoms with Gasteiger partial charge in [-0.25, -0.2) is 8.42 Å². The summed E-state index contributed by atoms with van der Waals surface area (Å²) < 4.78 is 55.2. The van der Waals surface area contributed by atoms with Crippen LogP contribution in [0.3, 0.4) is 0 Å². The fourth-order valence-corrected chi connectivity index (χ4v) is 4.09. The number of alkyl halides is 2. The smallest absolute Gasteiger partial charge is 0.341 e. The molecule has 0 radical (unpaired) electrons. The van der Waals surface area contributed by atoms with Crippen LogP contribution in [0.1, 0.15) is 31.6 Å². The highest BCUT2D eigenvalue weighted by molar-refractivity contribution is 7.91. The summed E-state index contributed by atoms with van der Waals surface area (Å²) in [7, 11) is -4.65. The van der Waals surface area contributed by atoms with Crippen molar-refractivity contribution < 1.29 is 21.7 Å². The highest BCUT2D eigenvalue weighted by atomic mass is 32.2. The van der Waals surface area contributed by atoms with E-state index in [1.54, 1.807) is 12.1 Å². The van der Waals surface area contributed by atoms with Crippen molar-refractivity contribution >= 4 is 15.5 Å². The third-order valence-corrected chi connectivity index (χ3v) is 6.19. The highest BCUT2D eigenvalue weighted by Crippen LogP contribution is 2.30. The van der Waals surface area contributed by atoms with Crippen LogP contribution in [0.15, 0.2) is 33.7 Å². The lowest BCUT2D eigenvalue weighted by Crippen LogP contribution is -2.47. The normalized spacial score (nSPS) is 17.4. The molecule has 0 amide bonds. The Bertz CT molecular complexity index is 880. The van der Waals surface area contributed by atoms with Gasteiger partial charge in [-0.2, -0.15) is 13.8 Å². The van der Waals surface area contributed by atoms with Crippen molar-refractivity contribution in [1.82, 2.24) is 15.0 Å². The third-order valence-electron chi connectivity index (χ3n) is 4.77. The number of rotatable bonds is 6. The molecule has 10 heteroatoms. The number of para-hydroxylation sites is 1. The Labute approximate surface area is 156 Å². The average molecular weight is 400 g/mol. The van der Waals surface area contributed by atoms with Gasteiger partial charge in [0.2, 0.25) is 15.7 Å². The molecule has 0 N–H and O–H groups in total. The van der Waals surface area contributed by atoms with Crippen LogP contribution in [0.2, 0.25) is 0 Å². The zero-order valence-electron chi connectivity index (χ0n) is 15.2. The molecule has 1 saturated heterocycles. The van der Waals surface area contributed by atoms with E-state index in [9.17, 15) is 17.2 Å². The summed E-state index contributed by atoms with van der Waals surface area (Å²) in [5.74, 6) is -2.24. The molecule has 0 aliphatic carbocycles. The summed E-state index contributed by atoms with van der Waals surface area (Å²) in [4.78, 5) is 7.99. The first-order chi connectivity index (χ1) is 12.8. The van der Waals surface area contributed by atoms with Gasteiger partial charge in [0.15, 0.2) is 5.82 Å². The van der Waals surface area contributed by atoms with Gasteiger partial charge in [-0.05, 0) is 19.1 Å². The van der Waals surface area contributed by atoms with Crippen molar-refractivity contribution in [2.75, 3.05) is 31.1 Å². The molecule has 1 aliphatic heterocycles. The van der Waals surface area contributed by atoms with Crippen LogP contribution >= 0.6 is 0 Å². The average Bonchev–Trinajstić information content (AvgIpc) is 3.16. The summed E-state index contributed by atoms with van der Waals surface area (Å²) in [5.41, 5.74) is 0.316. The minimum atomic E-state index is -4.65. The first-order valence-corrected chi connectivity index (χ1v) is 10.3. The molecule has 3 rings (SSSR count). The van der Waals surface area contributed by atoms with E-state index in [2.05, 4.69) is 15.0 Å². The SMILES string of the molecule is CCc1noc(C(C)N2CCN(c3ccccc3S(=O)(=O)C(F)F)CC2)n1. The fourth-order valence-electron chi connectivity index (χ4n) is 3.14. The van der Waals surface area contributed by atoms with Crippen LogP contribution in [-0.2, 0) is 16.3 Å². The van der Waals surface area contributed by atoms with Crippen molar-refractivity contribution in [2.45, 2.75) is 37.0 Å². The molecule has 1 aromatic carbocycles. The molecule has 0 spiro atoms. The van der Waals surface area contributed by atoms with Crippen molar-refractivity contribution in [3.8, 4) is 0 Å². The minimum absolute atomic E-state index is 0.0695. The number of hydrogen-bond donors (Lipinski definition) is 0. The Morgan fingerprint density at radius 3 is 2.44 bits per heavy atom. The van der Waals surface area contributed by atoms with E-state index in [1.165, 1.54) is 12.1 Å². The number of anilines is 1. The third kappa shape index (κ3) is 3.96. The number of sulfone groups is 1. The van der Waals surface area contributed by atoms with Crippen LogP contribution in [0, 0.1) is 0 Å². The molecule has 1 atom stereocenters. The number of nitrogens with zero attached hydrogens (tertiary/aromatic N) is 4. The van der Waals surface area contributed by atoms with E-state index in [4.69, 9.17) is 4.52 Å². The van der Waals surface area contributed by atoms with Gasteiger partial charge >= 0.3 is 5.76 Å². The molecule has 1 aromatic heterocycles. The Kier molecular flexibility index (Phi) is 5.75. The van der Waals surface area contributed by atoms with Gasteiger partial charge in [-0.3, -0.25) is 4.90 Å². The van der Waals surface area contributed by atoms with Crippen molar-refractivity contribution in [1.29, 1.82) is 0 Å². The largest absolute Gasteiger partial charge is 0.368 e. The molecule has 1 aliphatic rings. The summed E-state index contributed by atoms with van der Waals surface area (Å²) in [6.45, 7) is 6.17. The zero-order valence-corrected chi connectivity index (χ0v) is 16.0. The molecule has 148 valence electrons. The lowest BCUT2D eigenvalue weighted by molar-refractivity contribution is 0.164. The van der Waals surface area contributed by atoms with E-state index in [-0.39, 0.29) is 10.9 Å². The molecule has 2 heterocycles. The van der Waals surface area contributed by atoms with Crippen molar-refractivity contribution in [2.24, 2.45) is 0 Å². The maximum atomic E-state index is 13.0. The Morgan fingerprint density at radius 2 is 1.85 bits per heavy atom. The van der Waals surface area contributed by atoms with Gasteiger partial charge in [0.25, 0.3) is 0 Å². The van der Waals surface area contributed by atoms with Crippen LogP contribution in [0.25, 0.3) is 0 Å². The van der Waals surface area contributed by atoms with Crippen molar-refractivity contribution in [3.63, 3.8) is 0 Å². The fraction of sp³-hybridized carbons (Fsp3) is 0.529. The molecular formula is C17H22F2N4O3S. The zero-order chi connectivity index (χ0) is 19.6. The van der Waals surface area contributed by atoms with E-state index < -0.39 is 15.6 Å². The maximum absolute atomic E-state index is 13.0. The maximum Gasteiger partial charge on any atom is 0.341 e. The van der Waals surface area contributed by atoms with Gasteiger partial charge in [-0.15, -0.1) is 0 Å². The monoisotopic (exact) mass is 400 g/mol. The van der Waals surface area contributed by atoms with Crippen LogP contribution < -0.4 is 4.90 Å². The lowest BCUT2D eigenvalue weighted by atomic mass is 10.2. The van der Waals surface area contributed by atoms with Gasteiger partial charge < -0.3 is 9.42 Å². The van der Waals surface area contributed by atoms with Gasteiger partial charge in [0.05, 0.1) is 16.6 Å². The van der Waals surface area contributed by atoms with Crippen LogP contribution in [0.5, 0.6) is 0 Å². The summed E-state index contributed by atoms with van der Waals surface area (Å²) in [5, 5.41) is 3.91. The second kappa shape index (κ2) is 7.89. The van der Waals surface area contributed by atoms with Gasteiger partial charge in [0, 0.05) is 32.6 Å². The van der Waals surface area contributed by atoms with Crippen LogP contribution in [-0.4, -0.2) is 55.4 Å². The predicted molar refractivity (Wildman–Crippen MR) is 95.5 cm³/mol. The van der Waals surface area contributed by atoms with E-state index in [1.807, 2.05) is 18.7 Å². The quantitative estimate of drug-likeness (QED) is 0.737. The Hall–Kier alpha value is -2.07. The topological polar surface area (TPSA) is 79.5 Å². The predicted octanol–water partition coefficient (Wildman–Crippen LogP) is 2.51. The number of aromatic nitrogens is 2. The van der Waals surface area contributed by atoms with Gasteiger partial charge in [0.1, 0.15) is 0 Å². The molecule has 0 saturated carbocycles. The number of piperazine rings is 1.